The largest absolute Gasteiger partial charge is 1.00 e. The van der Waals surface area contributed by atoms with Crippen molar-refractivity contribution >= 4 is 17.9 Å². The van der Waals surface area contributed by atoms with Crippen LogP contribution >= 0.6 is 0 Å². The van der Waals surface area contributed by atoms with Crippen molar-refractivity contribution in [3.63, 3.8) is 0 Å². The molecule has 0 saturated carbocycles. The van der Waals surface area contributed by atoms with Gasteiger partial charge in [-0.1, -0.05) is 0 Å². The Bertz CT molecular complexity index is 356. The van der Waals surface area contributed by atoms with Crippen LogP contribution in [0.4, 0.5) is 0 Å². The van der Waals surface area contributed by atoms with Crippen LogP contribution in [-0.4, -0.2) is 61.1 Å². The zero-order chi connectivity index (χ0) is 17.9. The van der Waals surface area contributed by atoms with Crippen LogP contribution in [0, 0.1) is 0 Å². The number of carbonyl (C=O) groups excluding carboxylic acids is 2. The molecule has 3 fully saturated rings. The van der Waals surface area contributed by atoms with E-state index in [1.165, 1.54) is 0 Å². The third kappa shape index (κ3) is 11.0. The number of hydrogen-bond acceptors (Lipinski definition) is 8. The molecular formula is C15H22ClO9V-3. The first-order chi connectivity index (χ1) is 11.4. The molecule has 26 heavy (non-hydrogen) atoms. The molecule has 3 atom stereocenters. The molecule has 3 aliphatic rings. The Morgan fingerprint density at radius 2 is 1.04 bits per heavy atom. The van der Waals surface area contributed by atoms with Gasteiger partial charge in [-0.2, -0.15) is 0 Å². The summed E-state index contributed by atoms with van der Waals surface area (Å²) in [6.45, 7) is 1.74. The molecule has 3 saturated heterocycles. The molecule has 0 amide bonds. The summed E-state index contributed by atoms with van der Waals surface area (Å²) >= 11 is 0. The average Bonchev–Trinajstić information content (AvgIpc) is 3.29. The maximum Gasteiger partial charge on any atom is 0.332 e. The summed E-state index contributed by atoms with van der Waals surface area (Å²) in [5.74, 6) is -2.99. The van der Waals surface area contributed by atoms with Crippen LogP contribution in [0.25, 0.3) is 0 Å². The van der Waals surface area contributed by atoms with Crippen LogP contribution in [0.1, 0.15) is 38.5 Å². The molecule has 151 valence electrons. The number of ether oxygens (including phenoxy) is 3. The van der Waals surface area contributed by atoms with Gasteiger partial charge in [-0.25, -0.2) is 4.79 Å². The Morgan fingerprint density at radius 3 is 1.15 bits per heavy atom. The minimum atomic E-state index is -1.08. The van der Waals surface area contributed by atoms with Gasteiger partial charge < -0.3 is 51.5 Å². The van der Waals surface area contributed by atoms with Gasteiger partial charge in [0, 0.05) is 38.4 Å². The summed E-state index contributed by atoms with van der Waals surface area (Å²) in [4.78, 5) is 30.0. The molecule has 1 radical (unpaired) electrons. The Hall–Kier alpha value is -0.836. The van der Waals surface area contributed by atoms with Crippen molar-refractivity contribution in [1.29, 1.82) is 0 Å². The number of rotatable bonds is 3. The fraction of sp³-hybridized carbons (Fsp3) is 0.800. The normalized spacial score (nSPS) is 26.1. The summed E-state index contributed by atoms with van der Waals surface area (Å²) in [6, 6.07) is 0. The van der Waals surface area contributed by atoms with Crippen LogP contribution in [-0.2, 0) is 47.1 Å². The van der Waals surface area contributed by atoms with Crippen molar-refractivity contribution in [2.24, 2.45) is 0 Å². The standard InChI is InChI=1S/3C5H8O3.ClH.V/c3*6-5(7)4-2-1-3-8-4;;/h3*4H,1-3H2,(H,6,7);1H;/p-3. The molecule has 3 aliphatic heterocycles. The topological polar surface area (TPSA) is 145 Å². The SMILES string of the molecule is O=C(O)C1CCCO1.O=C([O-])C1CCCO1.O=C([O-])C1CCCO1.[Cl-].[V]. The molecule has 0 aromatic heterocycles. The monoisotopic (exact) mass is 432 g/mol. The maximum atomic E-state index is 10.1. The number of hydrogen-bond donors (Lipinski definition) is 1. The van der Waals surface area contributed by atoms with Gasteiger partial charge in [0.1, 0.15) is 0 Å². The zero-order valence-electron chi connectivity index (χ0n) is 14.1. The van der Waals surface area contributed by atoms with Gasteiger partial charge in [0.25, 0.3) is 0 Å². The molecule has 3 rings (SSSR count). The molecular weight excluding hydrogens is 411 g/mol. The van der Waals surface area contributed by atoms with E-state index in [4.69, 9.17) is 19.3 Å². The molecule has 0 aromatic carbocycles. The first-order valence-corrected chi connectivity index (χ1v) is 7.91. The minimum absolute atomic E-state index is 0. The number of carboxylic acids is 3. The predicted octanol–water partition coefficient (Wildman–Crippen LogP) is -4.92. The third-order valence-electron chi connectivity index (χ3n) is 3.59. The van der Waals surface area contributed by atoms with E-state index in [9.17, 15) is 24.6 Å². The first-order valence-electron chi connectivity index (χ1n) is 7.91. The number of aliphatic carboxylic acids is 3. The third-order valence-corrected chi connectivity index (χ3v) is 3.59. The van der Waals surface area contributed by atoms with Crippen molar-refractivity contribution in [1.82, 2.24) is 0 Å². The summed E-state index contributed by atoms with van der Waals surface area (Å²) < 4.78 is 14.3. The molecule has 0 aromatic rings. The summed E-state index contributed by atoms with van der Waals surface area (Å²) in [5.41, 5.74) is 0. The van der Waals surface area contributed by atoms with Gasteiger partial charge in [-0.3, -0.25) is 0 Å². The van der Waals surface area contributed by atoms with E-state index in [0.29, 0.717) is 39.1 Å². The van der Waals surface area contributed by atoms with Crippen LogP contribution in [0.5, 0.6) is 0 Å². The zero-order valence-corrected chi connectivity index (χ0v) is 16.3. The fourth-order valence-electron chi connectivity index (χ4n) is 2.30. The van der Waals surface area contributed by atoms with Crippen LogP contribution in [0.15, 0.2) is 0 Å². The minimum Gasteiger partial charge on any atom is -1.00 e. The van der Waals surface area contributed by atoms with Crippen LogP contribution < -0.4 is 22.6 Å². The second-order valence-electron chi connectivity index (χ2n) is 5.48. The van der Waals surface area contributed by atoms with Gasteiger partial charge in [-0.05, 0) is 38.5 Å². The number of carboxylic acid groups (broad SMARTS) is 3. The Balaban J connectivity index is 0. The van der Waals surface area contributed by atoms with E-state index in [0.717, 1.165) is 19.3 Å². The quantitative estimate of drug-likeness (QED) is 0.463. The molecule has 9 nitrogen and oxygen atoms in total. The number of carbonyl (C=O) groups is 3. The fourth-order valence-corrected chi connectivity index (χ4v) is 2.30. The predicted molar refractivity (Wildman–Crippen MR) is 74.6 cm³/mol. The van der Waals surface area contributed by atoms with E-state index in [2.05, 4.69) is 0 Å². The van der Waals surface area contributed by atoms with Crippen LogP contribution in [0.2, 0.25) is 0 Å². The first kappa shape index (κ1) is 27.4. The Morgan fingerprint density at radius 1 is 0.731 bits per heavy atom. The molecule has 3 unspecified atom stereocenters. The van der Waals surface area contributed by atoms with Crippen LogP contribution in [0.3, 0.4) is 0 Å². The van der Waals surface area contributed by atoms with Gasteiger partial charge >= 0.3 is 5.97 Å². The van der Waals surface area contributed by atoms with E-state index in [1.807, 2.05) is 0 Å². The van der Waals surface area contributed by atoms with Crippen molar-refractivity contribution in [2.45, 2.75) is 56.8 Å². The molecule has 0 bridgehead atoms. The Labute approximate surface area is 169 Å². The van der Waals surface area contributed by atoms with E-state index < -0.39 is 36.2 Å². The molecule has 11 heteroatoms. The van der Waals surface area contributed by atoms with Crippen molar-refractivity contribution in [3.8, 4) is 0 Å². The molecule has 3 heterocycles. The second-order valence-corrected chi connectivity index (χ2v) is 5.48. The van der Waals surface area contributed by atoms with Gasteiger partial charge in [-0.15, -0.1) is 0 Å². The molecule has 0 aliphatic carbocycles. The summed E-state index contributed by atoms with van der Waals surface area (Å²) in [6.07, 6.45) is 2.70. The Kier molecular flexibility index (Phi) is 16.1. The smallest absolute Gasteiger partial charge is 0.332 e. The van der Waals surface area contributed by atoms with Gasteiger partial charge in [0.2, 0.25) is 0 Å². The maximum absolute atomic E-state index is 10.1. The van der Waals surface area contributed by atoms with E-state index in [1.54, 1.807) is 0 Å². The van der Waals surface area contributed by atoms with E-state index in [-0.39, 0.29) is 31.0 Å². The summed E-state index contributed by atoms with van der Waals surface area (Å²) in [5, 5.41) is 28.2. The summed E-state index contributed by atoms with van der Waals surface area (Å²) in [7, 11) is 0. The molecule has 1 N–H and O–H groups in total. The van der Waals surface area contributed by atoms with Crippen molar-refractivity contribution in [2.75, 3.05) is 19.8 Å². The van der Waals surface area contributed by atoms with Crippen molar-refractivity contribution in [3.05, 3.63) is 0 Å². The van der Waals surface area contributed by atoms with Gasteiger partial charge in [0.05, 0.1) is 24.1 Å². The molecule has 0 spiro atoms. The average molecular weight is 433 g/mol. The second kappa shape index (κ2) is 15.2. The van der Waals surface area contributed by atoms with Crippen molar-refractivity contribution < 1.29 is 74.9 Å². The van der Waals surface area contributed by atoms with Gasteiger partial charge in [0.15, 0.2) is 6.10 Å². The van der Waals surface area contributed by atoms with E-state index >= 15 is 0 Å². The number of halogens is 1.